The number of sulfonamides is 1. The highest BCUT2D eigenvalue weighted by molar-refractivity contribution is 7.92. The zero-order chi connectivity index (χ0) is 18.9. The minimum Gasteiger partial charge on any atom is -0.482 e. The molecule has 1 aromatic heterocycles. The quantitative estimate of drug-likeness (QED) is 0.747. The summed E-state index contributed by atoms with van der Waals surface area (Å²) in [5.74, 6) is -1.54. The number of carboxylic acids is 1. The SMILES string of the molecule is CCn1cc(NS(=O)(=O)c2ccc3c(c2)N(CC(=O)O)C(=O)CO3)cn1. The maximum atomic E-state index is 12.6. The number of carbonyl (C=O) groups is 2. The molecule has 3 rings (SSSR count). The van der Waals surface area contributed by atoms with Crippen LogP contribution in [-0.2, 0) is 26.2 Å². The van der Waals surface area contributed by atoms with Gasteiger partial charge in [0.2, 0.25) is 0 Å². The van der Waals surface area contributed by atoms with E-state index in [9.17, 15) is 18.0 Å². The molecule has 0 saturated carbocycles. The fourth-order valence-electron chi connectivity index (χ4n) is 2.46. The van der Waals surface area contributed by atoms with Crippen molar-refractivity contribution in [1.29, 1.82) is 0 Å². The molecule has 138 valence electrons. The summed E-state index contributed by atoms with van der Waals surface area (Å²) in [6, 6.07) is 3.92. The normalized spacial score (nSPS) is 13.9. The topological polar surface area (TPSA) is 131 Å². The van der Waals surface area contributed by atoms with E-state index < -0.39 is 28.4 Å². The zero-order valence-electron chi connectivity index (χ0n) is 13.7. The van der Waals surface area contributed by atoms with Gasteiger partial charge >= 0.3 is 5.97 Å². The van der Waals surface area contributed by atoms with Crippen molar-refractivity contribution < 1.29 is 27.9 Å². The Morgan fingerprint density at radius 3 is 2.85 bits per heavy atom. The van der Waals surface area contributed by atoms with Gasteiger partial charge in [0.15, 0.2) is 6.61 Å². The second kappa shape index (κ2) is 6.67. The molecule has 0 atom stereocenters. The molecule has 26 heavy (non-hydrogen) atoms. The highest BCUT2D eigenvalue weighted by Gasteiger charge is 2.29. The Kier molecular flexibility index (Phi) is 4.55. The summed E-state index contributed by atoms with van der Waals surface area (Å²) >= 11 is 0. The summed E-state index contributed by atoms with van der Waals surface area (Å²) < 4.78 is 34.4. The van der Waals surface area contributed by atoms with Crippen LogP contribution in [0.4, 0.5) is 11.4 Å². The number of aromatic nitrogens is 2. The number of nitrogens with zero attached hydrogens (tertiary/aromatic N) is 3. The fourth-order valence-corrected chi connectivity index (χ4v) is 3.51. The highest BCUT2D eigenvalue weighted by atomic mass is 32.2. The number of benzene rings is 1. The molecule has 2 N–H and O–H groups in total. The standard InChI is InChI=1S/C15H16N4O6S/c1-2-18-7-10(6-16-18)17-26(23,24)11-3-4-13-12(5-11)19(8-15(21)22)14(20)9-25-13/h3-7,17H,2,8-9H2,1H3,(H,21,22). The van der Waals surface area contributed by atoms with Crippen molar-refractivity contribution in [2.45, 2.75) is 18.4 Å². The Balaban J connectivity index is 1.94. The minimum atomic E-state index is -3.96. The van der Waals surface area contributed by atoms with E-state index in [2.05, 4.69) is 9.82 Å². The molecule has 0 fully saturated rings. The number of anilines is 2. The molecule has 1 aliphatic rings. The number of rotatable bonds is 6. The first-order chi connectivity index (χ1) is 12.3. The number of nitrogens with one attached hydrogen (secondary N) is 1. The Bertz CT molecular complexity index is 968. The lowest BCUT2D eigenvalue weighted by molar-refractivity contribution is -0.137. The van der Waals surface area contributed by atoms with Crippen LogP contribution in [0.3, 0.4) is 0 Å². The largest absolute Gasteiger partial charge is 0.482 e. The molecule has 0 bridgehead atoms. The number of hydrogen-bond acceptors (Lipinski definition) is 6. The molecule has 10 nitrogen and oxygen atoms in total. The first-order valence-electron chi connectivity index (χ1n) is 7.64. The van der Waals surface area contributed by atoms with E-state index >= 15 is 0 Å². The number of hydrogen-bond donors (Lipinski definition) is 2. The highest BCUT2D eigenvalue weighted by Crippen LogP contribution is 2.34. The van der Waals surface area contributed by atoms with E-state index in [1.807, 2.05) is 6.92 Å². The van der Waals surface area contributed by atoms with E-state index in [1.165, 1.54) is 24.4 Å². The van der Waals surface area contributed by atoms with Gasteiger partial charge in [-0.1, -0.05) is 0 Å². The summed E-state index contributed by atoms with van der Waals surface area (Å²) in [4.78, 5) is 23.8. The summed E-state index contributed by atoms with van der Waals surface area (Å²) in [6.45, 7) is 1.56. The summed E-state index contributed by atoms with van der Waals surface area (Å²) in [5.41, 5.74) is 0.384. The average Bonchev–Trinajstić information content (AvgIpc) is 3.03. The molecule has 2 aromatic rings. The van der Waals surface area contributed by atoms with Crippen LogP contribution in [0.2, 0.25) is 0 Å². The van der Waals surface area contributed by atoms with Gasteiger partial charge in [-0.2, -0.15) is 5.10 Å². The molecule has 1 amide bonds. The van der Waals surface area contributed by atoms with Gasteiger partial charge in [-0.05, 0) is 25.1 Å². The van der Waals surface area contributed by atoms with Gasteiger partial charge in [0, 0.05) is 12.7 Å². The summed E-state index contributed by atoms with van der Waals surface area (Å²) in [5, 5.41) is 13.0. The molecule has 0 saturated heterocycles. The van der Waals surface area contributed by atoms with Gasteiger partial charge in [-0.3, -0.25) is 23.9 Å². The van der Waals surface area contributed by atoms with Crippen molar-refractivity contribution in [1.82, 2.24) is 9.78 Å². The van der Waals surface area contributed by atoms with Gasteiger partial charge in [0.25, 0.3) is 15.9 Å². The van der Waals surface area contributed by atoms with Gasteiger partial charge in [0.1, 0.15) is 12.3 Å². The number of fused-ring (bicyclic) bond motifs is 1. The van der Waals surface area contributed by atoms with Crippen molar-refractivity contribution in [3.63, 3.8) is 0 Å². The van der Waals surface area contributed by atoms with Crippen LogP contribution >= 0.6 is 0 Å². The second-order valence-electron chi connectivity index (χ2n) is 5.48. The van der Waals surface area contributed by atoms with Gasteiger partial charge in [-0.15, -0.1) is 0 Å². The molecule has 11 heteroatoms. The van der Waals surface area contributed by atoms with Crippen LogP contribution in [0.15, 0.2) is 35.5 Å². The maximum absolute atomic E-state index is 12.6. The minimum absolute atomic E-state index is 0.0933. The molecule has 2 heterocycles. The van der Waals surface area contributed by atoms with Gasteiger partial charge < -0.3 is 9.84 Å². The molecule has 1 aliphatic heterocycles. The number of aliphatic carboxylic acids is 1. The van der Waals surface area contributed by atoms with Crippen molar-refractivity contribution in [3.8, 4) is 5.75 Å². The molecule has 0 unspecified atom stereocenters. The van der Waals surface area contributed by atoms with Crippen LogP contribution in [0.25, 0.3) is 0 Å². The van der Waals surface area contributed by atoms with Crippen LogP contribution in [0.1, 0.15) is 6.92 Å². The smallest absolute Gasteiger partial charge is 0.323 e. The van der Waals surface area contributed by atoms with Crippen molar-refractivity contribution in [2.75, 3.05) is 22.8 Å². The predicted molar refractivity (Wildman–Crippen MR) is 90.6 cm³/mol. The number of aryl methyl sites for hydroxylation is 1. The number of ether oxygens (including phenoxy) is 1. The number of carboxylic acid groups (broad SMARTS) is 1. The predicted octanol–water partition coefficient (Wildman–Crippen LogP) is 0.514. The van der Waals surface area contributed by atoms with E-state index in [1.54, 1.807) is 10.9 Å². The van der Waals surface area contributed by atoms with Crippen molar-refractivity contribution >= 4 is 33.3 Å². The zero-order valence-corrected chi connectivity index (χ0v) is 14.6. The lowest BCUT2D eigenvalue weighted by Crippen LogP contribution is -2.42. The first-order valence-corrected chi connectivity index (χ1v) is 9.13. The van der Waals surface area contributed by atoms with Crippen LogP contribution < -0.4 is 14.4 Å². The van der Waals surface area contributed by atoms with E-state index in [4.69, 9.17) is 9.84 Å². The monoisotopic (exact) mass is 380 g/mol. The lowest BCUT2D eigenvalue weighted by atomic mass is 10.2. The van der Waals surface area contributed by atoms with Gasteiger partial charge in [-0.25, -0.2) is 8.42 Å². The number of amides is 1. The maximum Gasteiger partial charge on any atom is 0.323 e. The van der Waals surface area contributed by atoms with E-state index in [0.29, 0.717) is 12.2 Å². The fraction of sp³-hybridized carbons (Fsp3) is 0.267. The third-order valence-corrected chi connectivity index (χ3v) is 5.07. The summed E-state index contributed by atoms with van der Waals surface area (Å²) in [7, 11) is -3.96. The van der Waals surface area contributed by atoms with Crippen LogP contribution in [0, 0.1) is 0 Å². The Labute approximate surface area is 149 Å². The molecule has 0 aliphatic carbocycles. The summed E-state index contributed by atoms with van der Waals surface area (Å²) in [6.07, 6.45) is 2.92. The lowest BCUT2D eigenvalue weighted by Gasteiger charge is -2.28. The average molecular weight is 380 g/mol. The molecular weight excluding hydrogens is 364 g/mol. The van der Waals surface area contributed by atoms with Crippen molar-refractivity contribution in [3.05, 3.63) is 30.6 Å². The molecule has 0 radical (unpaired) electrons. The molecule has 1 aromatic carbocycles. The third kappa shape index (κ3) is 3.47. The van der Waals surface area contributed by atoms with Crippen molar-refractivity contribution in [2.24, 2.45) is 0 Å². The Morgan fingerprint density at radius 2 is 2.19 bits per heavy atom. The van der Waals surface area contributed by atoms with E-state index in [0.717, 1.165) is 4.90 Å². The molecule has 0 spiro atoms. The number of carbonyl (C=O) groups excluding carboxylic acids is 1. The Hall–Kier alpha value is -3.08. The molecular formula is C15H16N4O6S. The Morgan fingerprint density at radius 1 is 1.42 bits per heavy atom. The third-order valence-electron chi connectivity index (χ3n) is 3.69. The second-order valence-corrected chi connectivity index (χ2v) is 7.16. The van der Waals surface area contributed by atoms with Crippen LogP contribution in [-0.4, -0.2) is 48.3 Å². The van der Waals surface area contributed by atoms with Gasteiger partial charge in [0.05, 0.1) is 22.5 Å². The van der Waals surface area contributed by atoms with Crippen LogP contribution in [0.5, 0.6) is 5.75 Å². The first kappa shape index (κ1) is 17.7. The van der Waals surface area contributed by atoms with E-state index in [-0.39, 0.29) is 22.9 Å².